The molecule has 0 saturated carbocycles. The van der Waals surface area contributed by atoms with Crippen molar-refractivity contribution in [3.05, 3.63) is 24.1 Å². The molecule has 124 valence electrons. The van der Waals surface area contributed by atoms with Crippen LogP contribution in [-0.4, -0.2) is 39.8 Å². The molecule has 0 aliphatic carbocycles. The summed E-state index contributed by atoms with van der Waals surface area (Å²) in [6, 6.07) is 0. The fourth-order valence-electron chi connectivity index (χ4n) is 2.66. The van der Waals surface area contributed by atoms with Crippen LogP contribution >= 0.6 is 0 Å². The van der Waals surface area contributed by atoms with Crippen LogP contribution in [0.1, 0.15) is 44.3 Å². The van der Waals surface area contributed by atoms with Crippen LogP contribution in [0, 0.1) is 12.8 Å². The fraction of sp³-hybridized carbons (Fsp3) is 0.625. The third-order valence-electron chi connectivity index (χ3n) is 3.89. The maximum Gasteiger partial charge on any atom is 0.234 e. The van der Waals surface area contributed by atoms with Crippen molar-refractivity contribution in [3.63, 3.8) is 0 Å². The summed E-state index contributed by atoms with van der Waals surface area (Å²) >= 11 is 0. The van der Waals surface area contributed by atoms with Crippen LogP contribution in [0.25, 0.3) is 0 Å². The Labute approximate surface area is 136 Å². The Morgan fingerprint density at radius 1 is 1.26 bits per heavy atom. The van der Waals surface area contributed by atoms with Crippen molar-refractivity contribution in [2.75, 3.05) is 24.6 Å². The van der Waals surface area contributed by atoms with Crippen LogP contribution in [0.2, 0.25) is 0 Å². The van der Waals surface area contributed by atoms with Gasteiger partial charge in [-0.25, -0.2) is 0 Å². The zero-order valence-electron chi connectivity index (χ0n) is 13.9. The molecule has 0 radical (unpaired) electrons. The predicted octanol–water partition coefficient (Wildman–Crippen LogP) is 2.59. The van der Waals surface area contributed by atoms with Crippen molar-refractivity contribution >= 4 is 5.82 Å². The molecular weight excluding hydrogens is 294 g/mol. The molecule has 3 rings (SSSR count). The van der Waals surface area contributed by atoms with Crippen LogP contribution < -0.4 is 9.64 Å². The van der Waals surface area contributed by atoms with Gasteiger partial charge in [0, 0.05) is 25.9 Å². The molecule has 0 amide bonds. The first kappa shape index (κ1) is 15.7. The molecule has 0 bridgehead atoms. The van der Waals surface area contributed by atoms with E-state index in [0.29, 0.717) is 30.2 Å². The van der Waals surface area contributed by atoms with Gasteiger partial charge in [0.2, 0.25) is 11.8 Å². The lowest BCUT2D eigenvalue weighted by molar-refractivity contribution is 0.260. The zero-order chi connectivity index (χ0) is 16.2. The molecule has 7 heteroatoms. The number of aromatic nitrogens is 4. The number of nitrogens with zero attached hydrogens (tertiary/aromatic N) is 5. The van der Waals surface area contributed by atoms with Gasteiger partial charge in [0.1, 0.15) is 0 Å². The fourth-order valence-corrected chi connectivity index (χ4v) is 2.66. The number of hydrogen-bond donors (Lipinski definition) is 0. The van der Waals surface area contributed by atoms with Gasteiger partial charge in [-0.15, -0.1) is 0 Å². The highest BCUT2D eigenvalue weighted by molar-refractivity contribution is 5.38. The summed E-state index contributed by atoms with van der Waals surface area (Å²) in [7, 11) is 0. The van der Waals surface area contributed by atoms with E-state index in [2.05, 4.69) is 38.9 Å². The summed E-state index contributed by atoms with van der Waals surface area (Å²) in [5, 5.41) is 4.04. The lowest BCUT2D eigenvalue weighted by Crippen LogP contribution is -2.33. The summed E-state index contributed by atoms with van der Waals surface area (Å²) < 4.78 is 10.7. The van der Waals surface area contributed by atoms with Crippen molar-refractivity contribution in [1.29, 1.82) is 0 Å². The second kappa shape index (κ2) is 6.93. The van der Waals surface area contributed by atoms with E-state index in [1.54, 1.807) is 12.4 Å². The molecule has 1 saturated heterocycles. The minimum Gasteiger partial charge on any atom is -0.476 e. The van der Waals surface area contributed by atoms with Crippen LogP contribution in [0.5, 0.6) is 5.88 Å². The highest BCUT2D eigenvalue weighted by Crippen LogP contribution is 2.28. The van der Waals surface area contributed by atoms with Gasteiger partial charge in [-0.1, -0.05) is 19.0 Å². The SMILES string of the molecule is Cc1nc(C2CCN(c3cncc(OCC(C)C)n3)CC2)no1. The molecule has 3 heterocycles. The molecule has 0 spiro atoms. The largest absolute Gasteiger partial charge is 0.476 e. The number of hydrogen-bond acceptors (Lipinski definition) is 7. The van der Waals surface area contributed by atoms with Crippen molar-refractivity contribution in [1.82, 2.24) is 20.1 Å². The van der Waals surface area contributed by atoms with E-state index < -0.39 is 0 Å². The lowest BCUT2D eigenvalue weighted by atomic mass is 9.96. The van der Waals surface area contributed by atoms with Gasteiger partial charge in [-0.3, -0.25) is 4.98 Å². The second-order valence-corrected chi connectivity index (χ2v) is 6.35. The van der Waals surface area contributed by atoms with E-state index in [9.17, 15) is 0 Å². The van der Waals surface area contributed by atoms with Crippen molar-refractivity contribution < 1.29 is 9.26 Å². The maximum atomic E-state index is 5.66. The van der Waals surface area contributed by atoms with Gasteiger partial charge in [0.25, 0.3) is 0 Å². The molecular formula is C16H23N5O2. The van der Waals surface area contributed by atoms with E-state index >= 15 is 0 Å². The Balaban J connectivity index is 1.60. The van der Waals surface area contributed by atoms with Crippen LogP contribution in [0.15, 0.2) is 16.9 Å². The summed E-state index contributed by atoms with van der Waals surface area (Å²) in [6.07, 6.45) is 5.43. The van der Waals surface area contributed by atoms with E-state index in [1.165, 1.54) is 0 Å². The van der Waals surface area contributed by atoms with Crippen molar-refractivity contribution in [3.8, 4) is 5.88 Å². The van der Waals surface area contributed by atoms with Gasteiger partial charge in [0.15, 0.2) is 11.6 Å². The number of rotatable bonds is 5. The summed E-state index contributed by atoms with van der Waals surface area (Å²) in [5.41, 5.74) is 0. The summed E-state index contributed by atoms with van der Waals surface area (Å²) in [6.45, 7) is 8.51. The van der Waals surface area contributed by atoms with Gasteiger partial charge < -0.3 is 14.2 Å². The van der Waals surface area contributed by atoms with Gasteiger partial charge in [0.05, 0.1) is 19.0 Å². The molecule has 7 nitrogen and oxygen atoms in total. The summed E-state index contributed by atoms with van der Waals surface area (Å²) in [5.74, 6) is 3.73. The highest BCUT2D eigenvalue weighted by atomic mass is 16.5. The first-order valence-electron chi connectivity index (χ1n) is 8.12. The highest BCUT2D eigenvalue weighted by Gasteiger charge is 2.25. The Bertz CT molecular complexity index is 635. The second-order valence-electron chi connectivity index (χ2n) is 6.35. The Morgan fingerprint density at radius 3 is 2.70 bits per heavy atom. The Morgan fingerprint density at radius 2 is 2.04 bits per heavy atom. The third-order valence-corrected chi connectivity index (χ3v) is 3.89. The molecule has 23 heavy (non-hydrogen) atoms. The third kappa shape index (κ3) is 3.97. The van der Waals surface area contributed by atoms with E-state index in [-0.39, 0.29) is 0 Å². The smallest absolute Gasteiger partial charge is 0.234 e. The Hall–Kier alpha value is -2.18. The van der Waals surface area contributed by atoms with Crippen LogP contribution in [0.4, 0.5) is 5.82 Å². The quantitative estimate of drug-likeness (QED) is 0.838. The van der Waals surface area contributed by atoms with Crippen molar-refractivity contribution in [2.24, 2.45) is 5.92 Å². The number of aryl methyl sites for hydroxylation is 1. The van der Waals surface area contributed by atoms with E-state index in [4.69, 9.17) is 9.26 Å². The predicted molar refractivity (Wildman–Crippen MR) is 85.6 cm³/mol. The average Bonchev–Trinajstić information content (AvgIpc) is 3.00. The van der Waals surface area contributed by atoms with Crippen molar-refractivity contribution in [2.45, 2.75) is 39.5 Å². The zero-order valence-corrected chi connectivity index (χ0v) is 13.9. The lowest BCUT2D eigenvalue weighted by Gasteiger charge is -2.31. The molecule has 1 fully saturated rings. The standard InChI is InChI=1S/C16H23N5O2/c1-11(2)10-22-15-9-17-8-14(19-15)21-6-4-13(5-7-21)16-18-12(3)23-20-16/h8-9,11,13H,4-7,10H2,1-3H3. The van der Waals surface area contributed by atoms with Gasteiger partial charge in [-0.2, -0.15) is 9.97 Å². The minimum atomic E-state index is 0.358. The molecule has 1 aliphatic rings. The number of ether oxygens (including phenoxy) is 1. The molecule has 2 aromatic heterocycles. The molecule has 1 aliphatic heterocycles. The first-order chi connectivity index (χ1) is 11.1. The normalized spacial score (nSPS) is 16.1. The molecule has 0 unspecified atom stereocenters. The molecule has 0 N–H and O–H groups in total. The van der Waals surface area contributed by atoms with E-state index in [1.807, 2.05) is 6.92 Å². The van der Waals surface area contributed by atoms with Crippen LogP contribution in [0.3, 0.4) is 0 Å². The van der Waals surface area contributed by atoms with E-state index in [0.717, 1.165) is 37.6 Å². The minimum absolute atomic E-state index is 0.358. The number of anilines is 1. The van der Waals surface area contributed by atoms with Crippen LogP contribution in [-0.2, 0) is 0 Å². The average molecular weight is 317 g/mol. The topological polar surface area (TPSA) is 77.2 Å². The number of piperidine rings is 1. The molecule has 0 aromatic carbocycles. The first-order valence-corrected chi connectivity index (χ1v) is 8.12. The van der Waals surface area contributed by atoms with Gasteiger partial charge >= 0.3 is 0 Å². The summed E-state index contributed by atoms with van der Waals surface area (Å²) in [4.78, 5) is 15.4. The Kier molecular flexibility index (Phi) is 4.73. The van der Waals surface area contributed by atoms with Gasteiger partial charge in [-0.05, 0) is 18.8 Å². The molecule has 2 aromatic rings. The molecule has 0 atom stereocenters. The monoisotopic (exact) mass is 317 g/mol. The maximum absolute atomic E-state index is 5.66.